The van der Waals surface area contributed by atoms with E-state index in [0.717, 1.165) is 18.2 Å². The van der Waals surface area contributed by atoms with Gasteiger partial charge in [-0.2, -0.15) is 9.78 Å². The van der Waals surface area contributed by atoms with Crippen molar-refractivity contribution in [2.75, 3.05) is 12.8 Å². The van der Waals surface area contributed by atoms with Gasteiger partial charge < -0.3 is 0 Å². The highest BCUT2D eigenvalue weighted by atomic mass is 32.2. The Morgan fingerprint density at radius 1 is 1.07 bits per heavy atom. The molecule has 0 spiro atoms. The number of sulfonamides is 1. The van der Waals surface area contributed by atoms with Crippen molar-refractivity contribution in [2.24, 2.45) is 5.41 Å². The summed E-state index contributed by atoms with van der Waals surface area (Å²) in [6, 6.07) is 7.31. The molecule has 210 valence electrons. The number of nitrogens with zero attached hydrogens (tertiary/aromatic N) is 7. The quantitative estimate of drug-likeness (QED) is 0.341. The van der Waals surface area contributed by atoms with Crippen molar-refractivity contribution in [3.8, 4) is 17.2 Å². The number of fused-ring (bicyclic) bond motifs is 1. The van der Waals surface area contributed by atoms with Crippen molar-refractivity contribution in [2.45, 2.75) is 51.9 Å². The van der Waals surface area contributed by atoms with Crippen LogP contribution in [-0.4, -0.2) is 56.1 Å². The summed E-state index contributed by atoms with van der Waals surface area (Å²) in [5.74, 6) is -0.643. The highest BCUT2D eigenvalue weighted by Gasteiger charge is 2.57. The highest BCUT2D eigenvalue weighted by Crippen LogP contribution is 2.61. The monoisotopic (exact) mass is 568 g/mol. The largest absolute Gasteiger partial charge is 0.252 e. The lowest BCUT2D eigenvalue weighted by molar-refractivity contribution is 0.189. The molecular formula is C27H30F2N8O2S. The van der Waals surface area contributed by atoms with Crippen LogP contribution in [0.3, 0.4) is 0 Å². The van der Waals surface area contributed by atoms with Crippen molar-refractivity contribution in [3.63, 3.8) is 0 Å². The van der Waals surface area contributed by atoms with Gasteiger partial charge >= 0.3 is 0 Å². The van der Waals surface area contributed by atoms with Crippen molar-refractivity contribution in [1.82, 2.24) is 39.7 Å². The molecule has 0 radical (unpaired) electrons. The number of nitrogens with one attached hydrogen (secondary N) is 1. The molecule has 0 aliphatic heterocycles. The summed E-state index contributed by atoms with van der Waals surface area (Å²) in [4.78, 5) is 13.5. The number of aromatic nitrogens is 7. The molecular weight excluding hydrogens is 538 g/mol. The molecule has 3 heterocycles. The maximum absolute atomic E-state index is 14.6. The molecule has 1 aromatic carbocycles. The highest BCUT2D eigenvalue weighted by molar-refractivity contribution is 7.88. The number of hydrogen-bond acceptors (Lipinski definition) is 8. The standard InChI is InChI=1S/C27H30F2N8O2S/c1-6-17-16-14-20(23-18(28)8-7-9-19(23)29)34-35-24(16)27(4,26(17,2)3)21-10-12-30-25(33-21)37-15-31-22(36-37)11-13-32-40(5,38)39/h7-10,12,14-15,17,32H,6,11,13H2,1-5H3/t17-,27-/m0/s1. The van der Waals surface area contributed by atoms with Gasteiger partial charge in [-0.25, -0.2) is 36.9 Å². The fraction of sp³-hybridized carbons (Fsp3) is 0.407. The SMILES string of the molecule is CC[C@H]1c2cc(-c3c(F)cccc3F)nnc2[C@](C)(c2ccnc(-n3cnc(CCNS(C)(=O)=O)n3)n2)C1(C)C. The number of hydrogen-bond donors (Lipinski definition) is 1. The smallest absolute Gasteiger partial charge is 0.220 e. The second-order valence-corrected chi connectivity index (χ2v) is 12.5. The predicted octanol–water partition coefficient (Wildman–Crippen LogP) is 3.72. The predicted molar refractivity (Wildman–Crippen MR) is 144 cm³/mol. The van der Waals surface area contributed by atoms with Crippen LogP contribution in [0.2, 0.25) is 0 Å². The van der Waals surface area contributed by atoms with Crippen LogP contribution in [0.5, 0.6) is 0 Å². The molecule has 0 bridgehead atoms. The molecule has 4 aromatic rings. The van der Waals surface area contributed by atoms with E-state index in [1.807, 2.05) is 6.07 Å². The van der Waals surface area contributed by atoms with E-state index in [1.54, 1.807) is 12.3 Å². The Morgan fingerprint density at radius 3 is 2.48 bits per heavy atom. The van der Waals surface area contributed by atoms with Crippen LogP contribution in [0.4, 0.5) is 8.78 Å². The zero-order valence-corrected chi connectivity index (χ0v) is 23.7. The first kappa shape index (κ1) is 27.8. The Morgan fingerprint density at radius 2 is 1.80 bits per heavy atom. The lowest BCUT2D eigenvalue weighted by Gasteiger charge is -2.41. The molecule has 0 unspecified atom stereocenters. The zero-order chi connectivity index (χ0) is 28.9. The molecule has 5 rings (SSSR count). The minimum Gasteiger partial charge on any atom is -0.220 e. The molecule has 0 saturated heterocycles. The van der Waals surface area contributed by atoms with Crippen LogP contribution in [0.25, 0.3) is 17.2 Å². The molecule has 1 aliphatic rings. The summed E-state index contributed by atoms with van der Waals surface area (Å²) >= 11 is 0. The summed E-state index contributed by atoms with van der Waals surface area (Å²) in [6.45, 7) is 8.57. The lowest BCUT2D eigenvalue weighted by atomic mass is 9.62. The minimum absolute atomic E-state index is 0.00955. The Bertz CT molecular complexity index is 1670. The third-order valence-electron chi connectivity index (χ3n) is 8.07. The van der Waals surface area contributed by atoms with E-state index in [0.29, 0.717) is 29.6 Å². The Labute approximate surface area is 231 Å². The molecule has 2 atom stereocenters. The van der Waals surface area contributed by atoms with Crippen LogP contribution >= 0.6 is 0 Å². The van der Waals surface area contributed by atoms with E-state index < -0.39 is 32.5 Å². The summed E-state index contributed by atoms with van der Waals surface area (Å²) in [5.41, 5.74) is 1.10. The molecule has 13 heteroatoms. The maximum atomic E-state index is 14.6. The van der Waals surface area contributed by atoms with Gasteiger partial charge in [0.05, 0.1) is 34.3 Å². The van der Waals surface area contributed by atoms with Gasteiger partial charge in [-0.15, -0.1) is 10.2 Å². The number of benzene rings is 1. The van der Waals surface area contributed by atoms with Gasteiger partial charge in [0.15, 0.2) is 5.82 Å². The lowest BCUT2D eigenvalue weighted by Crippen LogP contribution is -2.40. The van der Waals surface area contributed by atoms with E-state index in [2.05, 4.69) is 57.7 Å². The first-order valence-electron chi connectivity index (χ1n) is 12.9. The summed E-state index contributed by atoms with van der Waals surface area (Å²) < 4.78 is 55.7. The van der Waals surface area contributed by atoms with Crippen LogP contribution < -0.4 is 4.72 Å². The first-order valence-corrected chi connectivity index (χ1v) is 14.8. The van der Waals surface area contributed by atoms with E-state index in [1.165, 1.54) is 29.2 Å². The molecule has 1 aliphatic carbocycles. The summed E-state index contributed by atoms with van der Waals surface area (Å²) in [5, 5.41) is 13.3. The topological polar surface area (TPSA) is 128 Å². The van der Waals surface area contributed by atoms with Crippen molar-refractivity contribution in [3.05, 3.63) is 77.3 Å². The van der Waals surface area contributed by atoms with E-state index in [9.17, 15) is 17.2 Å². The zero-order valence-electron chi connectivity index (χ0n) is 22.9. The fourth-order valence-electron chi connectivity index (χ4n) is 5.74. The van der Waals surface area contributed by atoms with Gasteiger partial charge in [0.1, 0.15) is 18.0 Å². The molecule has 0 fully saturated rings. The Hall–Kier alpha value is -3.71. The van der Waals surface area contributed by atoms with Gasteiger partial charge in [0.25, 0.3) is 5.95 Å². The molecule has 1 N–H and O–H groups in total. The molecule has 0 amide bonds. The summed E-state index contributed by atoms with van der Waals surface area (Å²) in [7, 11) is -3.31. The minimum atomic E-state index is -3.31. The van der Waals surface area contributed by atoms with Crippen molar-refractivity contribution in [1.29, 1.82) is 0 Å². The van der Waals surface area contributed by atoms with E-state index in [-0.39, 0.29) is 23.7 Å². The van der Waals surface area contributed by atoms with Gasteiger partial charge in [-0.1, -0.05) is 26.8 Å². The molecule has 10 nitrogen and oxygen atoms in total. The third kappa shape index (κ3) is 4.66. The van der Waals surface area contributed by atoms with Crippen LogP contribution in [0, 0.1) is 17.0 Å². The van der Waals surface area contributed by atoms with Crippen LogP contribution in [0.15, 0.2) is 42.9 Å². The third-order valence-corrected chi connectivity index (χ3v) is 8.80. The van der Waals surface area contributed by atoms with Gasteiger partial charge in [-0.05, 0) is 54.5 Å². The van der Waals surface area contributed by atoms with Crippen LogP contribution in [0.1, 0.15) is 62.8 Å². The van der Waals surface area contributed by atoms with E-state index >= 15 is 0 Å². The number of rotatable bonds is 8. The Balaban J connectivity index is 1.54. The molecule has 40 heavy (non-hydrogen) atoms. The number of halogens is 2. The first-order chi connectivity index (χ1) is 18.9. The van der Waals surface area contributed by atoms with Gasteiger partial charge in [0.2, 0.25) is 10.0 Å². The fourth-order valence-corrected chi connectivity index (χ4v) is 6.22. The van der Waals surface area contributed by atoms with Gasteiger partial charge in [-0.3, -0.25) is 0 Å². The molecule has 3 aromatic heterocycles. The average molecular weight is 569 g/mol. The normalized spacial score (nSPS) is 20.0. The summed E-state index contributed by atoms with van der Waals surface area (Å²) in [6.07, 6.45) is 5.28. The average Bonchev–Trinajstić information content (AvgIpc) is 3.42. The van der Waals surface area contributed by atoms with Crippen molar-refractivity contribution >= 4 is 10.0 Å². The van der Waals surface area contributed by atoms with Gasteiger partial charge in [0, 0.05) is 19.2 Å². The Kier molecular flexibility index (Phi) is 6.99. The maximum Gasteiger partial charge on any atom is 0.252 e. The van der Waals surface area contributed by atoms with Crippen molar-refractivity contribution < 1.29 is 17.2 Å². The van der Waals surface area contributed by atoms with Crippen LogP contribution in [-0.2, 0) is 21.9 Å². The second kappa shape index (κ2) is 10.0. The van der Waals surface area contributed by atoms with E-state index in [4.69, 9.17) is 4.98 Å². The second-order valence-electron chi connectivity index (χ2n) is 10.7. The molecule has 0 saturated carbocycles.